The van der Waals surface area contributed by atoms with Crippen LogP contribution < -0.4 is 4.90 Å². The van der Waals surface area contributed by atoms with E-state index in [1.165, 1.54) is 0 Å². The van der Waals surface area contributed by atoms with Crippen LogP contribution >= 0.6 is 0 Å². The van der Waals surface area contributed by atoms with Crippen molar-refractivity contribution in [2.75, 3.05) is 50.9 Å². The lowest BCUT2D eigenvalue weighted by Gasteiger charge is -2.34. The van der Waals surface area contributed by atoms with Gasteiger partial charge in [0.05, 0.1) is 13.2 Å². The van der Waals surface area contributed by atoms with Gasteiger partial charge in [0.1, 0.15) is 11.4 Å². The summed E-state index contributed by atoms with van der Waals surface area (Å²) < 4.78 is 10.7. The first-order valence-corrected chi connectivity index (χ1v) is 9.27. The van der Waals surface area contributed by atoms with Gasteiger partial charge in [-0.3, -0.25) is 4.79 Å². The van der Waals surface area contributed by atoms with Gasteiger partial charge in [-0.05, 0) is 30.4 Å². The molecule has 2 saturated heterocycles. The minimum absolute atomic E-state index is 0.131. The van der Waals surface area contributed by atoms with Crippen LogP contribution in [0.3, 0.4) is 0 Å². The molecule has 1 amide bonds. The standard InChI is InChI=1S/C19H27N3O4/c1-14-10-15(2)12-22(11-14)17(23)13-26-19(24)16-4-3-5-20-18(16)21-6-8-25-9-7-21/h3-5,14-15H,6-13H2,1-2H3/t14-,15-/m1/s1. The number of esters is 1. The first-order chi connectivity index (χ1) is 12.5. The molecule has 3 heterocycles. The topological polar surface area (TPSA) is 72.0 Å². The van der Waals surface area contributed by atoms with Gasteiger partial charge in [0.2, 0.25) is 0 Å². The second kappa shape index (κ2) is 8.49. The Kier molecular flexibility index (Phi) is 6.08. The Bertz CT molecular complexity index is 635. The van der Waals surface area contributed by atoms with Crippen molar-refractivity contribution in [3.63, 3.8) is 0 Å². The molecule has 7 heteroatoms. The highest BCUT2D eigenvalue weighted by Crippen LogP contribution is 2.22. The van der Waals surface area contributed by atoms with Crippen LogP contribution in [0.1, 0.15) is 30.6 Å². The van der Waals surface area contributed by atoms with Crippen molar-refractivity contribution in [1.82, 2.24) is 9.88 Å². The van der Waals surface area contributed by atoms with Gasteiger partial charge in [-0.25, -0.2) is 9.78 Å². The molecule has 0 bridgehead atoms. The molecular weight excluding hydrogens is 334 g/mol. The lowest BCUT2D eigenvalue weighted by atomic mass is 9.92. The summed E-state index contributed by atoms with van der Waals surface area (Å²) >= 11 is 0. The van der Waals surface area contributed by atoms with Gasteiger partial charge in [0.15, 0.2) is 6.61 Å². The third-order valence-electron chi connectivity index (χ3n) is 4.87. The number of pyridine rings is 1. The van der Waals surface area contributed by atoms with E-state index in [1.807, 2.05) is 4.90 Å². The van der Waals surface area contributed by atoms with Crippen molar-refractivity contribution in [1.29, 1.82) is 0 Å². The Hall–Kier alpha value is -2.15. The predicted molar refractivity (Wildman–Crippen MR) is 97.1 cm³/mol. The third-order valence-corrected chi connectivity index (χ3v) is 4.87. The number of nitrogens with zero attached hydrogens (tertiary/aromatic N) is 3. The van der Waals surface area contributed by atoms with Gasteiger partial charge in [-0.2, -0.15) is 0 Å². The fourth-order valence-corrected chi connectivity index (χ4v) is 3.75. The fraction of sp³-hybridized carbons (Fsp3) is 0.632. The molecule has 7 nitrogen and oxygen atoms in total. The van der Waals surface area contributed by atoms with E-state index in [0.717, 1.165) is 19.5 Å². The molecule has 2 aliphatic rings. The summed E-state index contributed by atoms with van der Waals surface area (Å²) in [5, 5.41) is 0. The first-order valence-electron chi connectivity index (χ1n) is 9.27. The van der Waals surface area contributed by atoms with Crippen LogP contribution in [0.25, 0.3) is 0 Å². The highest BCUT2D eigenvalue weighted by molar-refractivity contribution is 5.96. The van der Waals surface area contributed by atoms with E-state index in [-0.39, 0.29) is 12.5 Å². The predicted octanol–water partition coefficient (Wildman–Crippen LogP) is 1.58. The molecule has 0 N–H and O–H groups in total. The van der Waals surface area contributed by atoms with Crippen molar-refractivity contribution in [3.8, 4) is 0 Å². The van der Waals surface area contributed by atoms with Crippen LogP contribution in [-0.4, -0.2) is 67.8 Å². The van der Waals surface area contributed by atoms with Crippen molar-refractivity contribution in [2.24, 2.45) is 11.8 Å². The van der Waals surface area contributed by atoms with E-state index in [9.17, 15) is 9.59 Å². The number of carbonyl (C=O) groups is 2. The van der Waals surface area contributed by atoms with E-state index >= 15 is 0 Å². The van der Waals surface area contributed by atoms with Crippen LogP contribution in [0.5, 0.6) is 0 Å². The number of amides is 1. The molecule has 26 heavy (non-hydrogen) atoms. The number of hydrogen-bond donors (Lipinski definition) is 0. The van der Waals surface area contributed by atoms with E-state index < -0.39 is 5.97 Å². The van der Waals surface area contributed by atoms with E-state index in [0.29, 0.717) is 49.5 Å². The number of ether oxygens (including phenoxy) is 2. The molecule has 1 aromatic rings. The third kappa shape index (κ3) is 4.52. The van der Waals surface area contributed by atoms with Gasteiger partial charge in [-0.15, -0.1) is 0 Å². The smallest absolute Gasteiger partial charge is 0.342 e. The zero-order valence-electron chi connectivity index (χ0n) is 15.5. The van der Waals surface area contributed by atoms with Crippen LogP contribution in [0.4, 0.5) is 5.82 Å². The Balaban J connectivity index is 1.61. The number of piperidine rings is 1. The highest BCUT2D eigenvalue weighted by atomic mass is 16.5. The number of anilines is 1. The SMILES string of the molecule is C[C@@H]1C[C@@H](C)CN(C(=O)COC(=O)c2cccnc2N2CCOCC2)C1. The van der Waals surface area contributed by atoms with Crippen molar-refractivity contribution >= 4 is 17.7 Å². The Labute approximate surface area is 154 Å². The summed E-state index contributed by atoms with van der Waals surface area (Å²) in [5.41, 5.74) is 0.391. The van der Waals surface area contributed by atoms with Gasteiger partial charge in [-0.1, -0.05) is 13.8 Å². The lowest BCUT2D eigenvalue weighted by Crippen LogP contribution is -2.44. The van der Waals surface area contributed by atoms with E-state index in [1.54, 1.807) is 23.2 Å². The zero-order chi connectivity index (χ0) is 18.5. The monoisotopic (exact) mass is 361 g/mol. The Morgan fingerprint density at radius 3 is 2.62 bits per heavy atom. The zero-order valence-corrected chi connectivity index (χ0v) is 15.5. The molecule has 0 aromatic carbocycles. The number of morpholine rings is 1. The summed E-state index contributed by atoms with van der Waals surface area (Å²) in [7, 11) is 0. The van der Waals surface area contributed by atoms with Crippen LogP contribution in [0.15, 0.2) is 18.3 Å². The van der Waals surface area contributed by atoms with Gasteiger partial charge >= 0.3 is 5.97 Å². The molecule has 0 radical (unpaired) electrons. The molecule has 3 rings (SSSR count). The molecule has 1 aromatic heterocycles. The average Bonchev–Trinajstić information content (AvgIpc) is 2.65. The number of likely N-dealkylation sites (tertiary alicyclic amines) is 1. The van der Waals surface area contributed by atoms with Gasteiger partial charge in [0.25, 0.3) is 5.91 Å². The molecular formula is C19H27N3O4. The van der Waals surface area contributed by atoms with E-state index in [2.05, 4.69) is 18.8 Å². The number of hydrogen-bond acceptors (Lipinski definition) is 6. The summed E-state index contributed by atoms with van der Waals surface area (Å²) in [5.74, 6) is 0.905. The van der Waals surface area contributed by atoms with Crippen molar-refractivity contribution in [3.05, 3.63) is 23.9 Å². The van der Waals surface area contributed by atoms with Crippen molar-refractivity contribution < 1.29 is 19.1 Å². The second-order valence-corrected chi connectivity index (χ2v) is 7.29. The minimum Gasteiger partial charge on any atom is -0.452 e. The number of aromatic nitrogens is 1. The van der Waals surface area contributed by atoms with Crippen LogP contribution in [0.2, 0.25) is 0 Å². The summed E-state index contributed by atoms with van der Waals surface area (Å²) in [6.45, 7) is 8.09. The first kappa shape index (κ1) is 18.6. The lowest BCUT2D eigenvalue weighted by molar-refractivity contribution is -0.137. The van der Waals surface area contributed by atoms with E-state index in [4.69, 9.17) is 9.47 Å². The molecule has 2 fully saturated rings. The Morgan fingerprint density at radius 2 is 1.92 bits per heavy atom. The maximum absolute atomic E-state index is 12.5. The summed E-state index contributed by atoms with van der Waals surface area (Å²) in [4.78, 5) is 33.1. The number of carbonyl (C=O) groups excluding carboxylic acids is 2. The average molecular weight is 361 g/mol. The molecule has 2 aliphatic heterocycles. The molecule has 142 valence electrons. The maximum Gasteiger partial charge on any atom is 0.342 e. The molecule has 2 atom stereocenters. The molecule has 0 spiro atoms. The number of rotatable bonds is 4. The van der Waals surface area contributed by atoms with Crippen molar-refractivity contribution in [2.45, 2.75) is 20.3 Å². The summed E-state index contributed by atoms with van der Waals surface area (Å²) in [6, 6.07) is 3.39. The molecule has 0 saturated carbocycles. The normalized spacial score (nSPS) is 23.6. The summed E-state index contributed by atoms with van der Waals surface area (Å²) in [6.07, 6.45) is 2.78. The van der Waals surface area contributed by atoms with Crippen LogP contribution in [0, 0.1) is 11.8 Å². The van der Waals surface area contributed by atoms with Crippen LogP contribution in [-0.2, 0) is 14.3 Å². The second-order valence-electron chi connectivity index (χ2n) is 7.29. The maximum atomic E-state index is 12.5. The minimum atomic E-state index is -0.508. The van der Waals surface area contributed by atoms with Gasteiger partial charge in [0, 0.05) is 32.4 Å². The Morgan fingerprint density at radius 1 is 1.23 bits per heavy atom. The quantitative estimate of drug-likeness (QED) is 0.758. The fourth-order valence-electron chi connectivity index (χ4n) is 3.75. The highest BCUT2D eigenvalue weighted by Gasteiger charge is 2.27. The molecule has 0 unspecified atom stereocenters. The molecule has 0 aliphatic carbocycles. The van der Waals surface area contributed by atoms with Gasteiger partial charge < -0.3 is 19.3 Å². The largest absolute Gasteiger partial charge is 0.452 e.